The van der Waals surface area contributed by atoms with Crippen molar-refractivity contribution in [3.63, 3.8) is 0 Å². The molecule has 2 aromatic carbocycles. The lowest BCUT2D eigenvalue weighted by atomic mass is 9.86. The van der Waals surface area contributed by atoms with Gasteiger partial charge in [-0.25, -0.2) is 4.79 Å². The topological polar surface area (TPSA) is 110 Å². The van der Waals surface area contributed by atoms with E-state index >= 15 is 0 Å². The molecule has 0 bridgehead atoms. The number of piperidine rings is 1. The van der Waals surface area contributed by atoms with Gasteiger partial charge in [-0.05, 0) is 75.0 Å². The van der Waals surface area contributed by atoms with Gasteiger partial charge in [-0.3, -0.25) is 9.69 Å². The fourth-order valence-electron chi connectivity index (χ4n) is 6.09. The molecule has 0 aromatic heterocycles. The minimum Gasteiger partial charge on any atom is -0.457 e. The molecule has 0 radical (unpaired) electrons. The van der Waals surface area contributed by atoms with Crippen LogP contribution in [0.25, 0.3) is 0 Å². The molecule has 6 rings (SSSR count). The second kappa shape index (κ2) is 10.8. The van der Waals surface area contributed by atoms with E-state index in [2.05, 4.69) is 22.1 Å². The van der Waals surface area contributed by atoms with Crippen LogP contribution < -0.4 is 25.6 Å². The molecule has 39 heavy (non-hydrogen) atoms. The molecule has 9 nitrogen and oxygen atoms in total. The monoisotopic (exact) mass is 544 g/mol. The summed E-state index contributed by atoms with van der Waals surface area (Å²) < 4.78 is 6.00. The van der Waals surface area contributed by atoms with Crippen molar-refractivity contribution in [3.8, 4) is 17.7 Å². The molecule has 10 heteroatoms. The number of rotatable bonds is 5. The Hall–Kier alpha value is -3.68. The summed E-state index contributed by atoms with van der Waals surface area (Å²) >= 11 is 1.50. The Bertz CT molecular complexity index is 1340. The number of amides is 3. The van der Waals surface area contributed by atoms with Gasteiger partial charge in [-0.1, -0.05) is 30.0 Å². The van der Waals surface area contributed by atoms with Crippen LogP contribution in [0.2, 0.25) is 0 Å². The van der Waals surface area contributed by atoms with Gasteiger partial charge < -0.3 is 25.6 Å². The Labute approximate surface area is 232 Å². The molecule has 202 valence electrons. The molecular formula is C29H32N6O3S. The van der Waals surface area contributed by atoms with Crippen LogP contribution in [0, 0.1) is 24.3 Å². The lowest BCUT2D eigenvalue weighted by molar-refractivity contribution is -0.117. The Balaban J connectivity index is 1.23. The zero-order chi connectivity index (χ0) is 26.9. The summed E-state index contributed by atoms with van der Waals surface area (Å²) in [5.74, 6) is 1.29. The standard InChI is InChI=1S/C29H32N6O3S/c1-18-15-21(38-20-8-3-2-4-9-20)10-11-22(18)35-23-12-13-31-28-24(23)25(33-29(35)37)26(39-28)27(36)32-19-7-5-6-14-34(16-19)17-30/h2-4,8-11,15,19,23-24,28,31H,5-7,12-14,16H2,1H3,(H,32,36)(H,33,37). The fourth-order valence-corrected chi connectivity index (χ4v) is 7.49. The number of anilines is 1. The van der Waals surface area contributed by atoms with Crippen LogP contribution in [0.4, 0.5) is 10.5 Å². The second-order valence-electron chi connectivity index (χ2n) is 10.5. The highest BCUT2D eigenvalue weighted by molar-refractivity contribution is 8.04. The number of carbonyl (C=O) groups is 2. The van der Waals surface area contributed by atoms with Crippen molar-refractivity contribution in [2.24, 2.45) is 5.92 Å². The van der Waals surface area contributed by atoms with Gasteiger partial charge in [0.2, 0.25) is 0 Å². The number of ether oxygens (including phenoxy) is 1. The molecule has 3 amide bonds. The molecule has 4 aliphatic heterocycles. The quantitative estimate of drug-likeness (QED) is 0.488. The fraction of sp³-hybridized carbons (Fsp3) is 0.414. The Morgan fingerprint density at radius 3 is 2.79 bits per heavy atom. The molecule has 3 fully saturated rings. The number of carbonyl (C=O) groups excluding carboxylic acids is 2. The SMILES string of the molecule is Cc1cc(Oc2ccccc2)ccc1N1C(=O)NC2=C(C(=O)NC3CCCCN(C#N)C3)SC3NCCC1C23. The van der Waals surface area contributed by atoms with Crippen LogP contribution in [-0.2, 0) is 4.79 Å². The predicted octanol–water partition coefficient (Wildman–Crippen LogP) is 4.03. The first kappa shape index (κ1) is 25.6. The van der Waals surface area contributed by atoms with Gasteiger partial charge in [0.25, 0.3) is 5.91 Å². The van der Waals surface area contributed by atoms with Gasteiger partial charge >= 0.3 is 6.03 Å². The Morgan fingerprint density at radius 1 is 1.15 bits per heavy atom. The van der Waals surface area contributed by atoms with E-state index in [0.29, 0.717) is 22.9 Å². The summed E-state index contributed by atoms with van der Waals surface area (Å²) in [7, 11) is 0. The summed E-state index contributed by atoms with van der Waals surface area (Å²) in [4.78, 5) is 31.2. The second-order valence-corrected chi connectivity index (χ2v) is 11.6. The molecule has 3 N–H and O–H groups in total. The van der Waals surface area contributed by atoms with Crippen LogP contribution in [0.15, 0.2) is 59.1 Å². The third kappa shape index (κ3) is 5.04. The summed E-state index contributed by atoms with van der Waals surface area (Å²) in [6, 6.07) is 15.0. The molecule has 4 heterocycles. The third-order valence-electron chi connectivity index (χ3n) is 7.90. The normalized spacial score (nSPS) is 26.3. The van der Waals surface area contributed by atoms with Crippen molar-refractivity contribution in [3.05, 3.63) is 64.7 Å². The van der Waals surface area contributed by atoms with Crippen molar-refractivity contribution in [1.29, 1.82) is 5.26 Å². The number of urea groups is 1. The highest BCUT2D eigenvalue weighted by atomic mass is 32.2. The lowest BCUT2D eigenvalue weighted by Gasteiger charge is -2.46. The number of likely N-dealkylation sites (tertiary alicyclic amines) is 1. The smallest absolute Gasteiger partial charge is 0.326 e. The molecule has 0 saturated carbocycles. The number of hydrogen-bond donors (Lipinski definition) is 3. The molecule has 4 atom stereocenters. The maximum Gasteiger partial charge on any atom is 0.326 e. The first-order valence-electron chi connectivity index (χ1n) is 13.6. The van der Waals surface area contributed by atoms with E-state index in [1.807, 2.05) is 60.4 Å². The van der Waals surface area contributed by atoms with Crippen molar-refractivity contribution in [1.82, 2.24) is 20.9 Å². The molecule has 3 saturated heterocycles. The van der Waals surface area contributed by atoms with Crippen LogP contribution >= 0.6 is 11.8 Å². The lowest BCUT2D eigenvalue weighted by Crippen LogP contribution is -2.62. The number of aryl methyl sites for hydroxylation is 1. The minimum absolute atomic E-state index is 0.00772. The number of thioether (sulfide) groups is 1. The average molecular weight is 545 g/mol. The summed E-state index contributed by atoms with van der Waals surface area (Å²) in [5, 5.41) is 19.2. The number of nitrogens with zero attached hydrogens (tertiary/aromatic N) is 3. The number of benzene rings is 2. The molecule has 2 aromatic rings. The number of nitriles is 1. The van der Waals surface area contributed by atoms with Crippen LogP contribution in [0.1, 0.15) is 31.2 Å². The van der Waals surface area contributed by atoms with Crippen LogP contribution in [-0.4, -0.2) is 53.9 Å². The van der Waals surface area contributed by atoms with Gasteiger partial charge in [0.1, 0.15) is 11.5 Å². The summed E-state index contributed by atoms with van der Waals surface area (Å²) in [5.41, 5.74) is 2.50. The van der Waals surface area contributed by atoms with Crippen LogP contribution in [0.3, 0.4) is 0 Å². The van der Waals surface area contributed by atoms with Gasteiger partial charge in [0.05, 0.1) is 16.3 Å². The number of para-hydroxylation sites is 1. The largest absolute Gasteiger partial charge is 0.457 e. The molecule has 0 spiro atoms. The van der Waals surface area contributed by atoms with E-state index < -0.39 is 0 Å². The Morgan fingerprint density at radius 2 is 2.00 bits per heavy atom. The maximum atomic E-state index is 13.6. The maximum absolute atomic E-state index is 13.6. The molecule has 0 aliphatic carbocycles. The van der Waals surface area contributed by atoms with Gasteiger partial charge in [-0.15, -0.1) is 0 Å². The van der Waals surface area contributed by atoms with E-state index in [4.69, 9.17) is 4.74 Å². The zero-order valence-corrected chi connectivity index (χ0v) is 22.7. The van der Waals surface area contributed by atoms with Crippen molar-refractivity contribution in [2.75, 3.05) is 24.5 Å². The highest BCUT2D eigenvalue weighted by Crippen LogP contribution is 2.48. The van der Waals surface area contributed by atoms with Gasteiger partial charge in [-0.2, -0.15) is 5.26 Å². The van der Waals surface area contributed by atoms with E-state index in [9.17, 15) is 14.9 Å². The first-order chi connectivity index (χ1) is 19.0. The average Bonchev–Trinajstić information content (AvgIpc) is 3.15. The zero-order valence-electron chi connectivity index (χ0n) is 21.9. The number of nitrogens with one attached hydrogen (secondary N) is 3. The van der Waals surface area contributed by atoms with E-state index in [1.54, 1.807) is 4.90 Å². The number of hydrogen-bond acceptors (Lipinski definition) is 7. The van der Waals surface area contributed by atoms with Crippen molar-refractivity contribution >= 4 is 29.4 Å². The van der Waals surface area contributed by atoms with Crippen molar-refractivity contribution in [2.45, 2.75) is 50.1 Å². The molecule has 4 aliphatic rings. The highest BCUT2D eigenvalue weighted by Gasteiger charge is 2.52. The summed E-state index contributed by atoms with van der Waals surface area (Å²) in [6.45, 7) is 4.00. The molecular weight excluding hydrogens is 512 g/mol. The first-order valence-corrected chi connectivity index (χ1v) is 14.4. The molecule has 4 unspecified atom stereocenters. The Kier molecular flexibility index (Phi) is 7.11. The summed E-state index contributed by atoms with van der Waals surface area (Å²) in [6.07, 6.45) is 5.77. The van der Waals surface area contributed by atoms with Gasteiger partial charge in [0, 0.05) is 36.4 Å². The van der Waals surface area contributed by atoms with Gasteiger partial charge in [0.15, 0.2) is 6.19 Å². The van der Waals surface area contributed by atoms with E-state index in [-0.39, 0.29) is 35.3 Å². The minimum atomic E-state index is -0.218. The third-order valence-corrected chi connectivity index (χ3v) is 9.26. The van der Waals surface area contributed by atoms with E-state index in [0.717, 1.165) is 55.8 Å². The van der Waals surface area contributed by atoms with Crippen LogP contribution in [0.5, 0.6) is 11.5 Å². The van der Waals surface area contributed by atoms with Crippen molar-refractivity contribution < 1.29 is 14.3 Å². The predicted molar refractivity (Wildman–Crippen MR) is 150 cm³/mol. The van der Waals surface area contributed by atoms with E-state index in [1.165, 1.54) is 11.8 Å².